The molecule has 0 saturated carbocycles. The number of para-hydroxylation sites is 3. The molecule has 0 saturated heterocycles. The van der Waals surface area contributed by atoms with Gasteiger partial charge < -0.3 is 9.47 Å². The summed E-state index contributed by atoms with van der Waals surface area (Å²) < 4.78 is 2.51. The lowest BCUT2D eigenvalue weighted by Gasteiger charge is -2.34. The number of aromatic nitrogens is 1. The van der Waals surface area contributed by atoms with Crippen LogP contribution in [0.1, 0.15) is 74.8 Å². The fourth-order valence-corrected chi connectivity index (χ4v) is 8.89. The van der Waals surface area contributed by atoms with Gasteiger partial charge in [0.1, 0.15) is 0 Å². The van der Waals surface area contributed by atoms with Gasteiger partial charge in [-0.1, -0.05) is 137 Å². The number of hydrogen-bond acceptors (Lipinski definition) is 1. The summed E-state index contributed by atoms with van der Waals surface area (Å²) in [5.74, 6) is 0. The first-order chi connectivity index (χ1) is 25.1. The maximum Gasteiger partial charge on any atom is 0.0582 e. The average Bonchev–Trinajstić information content (AvgIpc) is 3.53. The standard InChI is InChI=1S/C47H38N2.C2H6/c1-47(2)40-23-11-13-26-44(40)49-43-28-27-33(30-39(43)38-22-14-24-41(47)46(38)49)48(42-25-12-10-19-35(42)31-15-4-3-5-16-31)45-29-32-17-6-7-18-34(32)36-20-8-9-21-37(36)45;1-2/h4,7-16,18-30H,3,5-6,17H2,1-2H3;1-2H3. The van der Waals surface area contributed by atoms with E-state index in [1.54, 1.807) is 0 Å². The molecule has 51 heavy (non-hydrogen) atoms. The molecule has 2 aliphatic carbocycles. The fraction of sp³-hybridized carbons (Fsp3) is 0.184. The molecule has 0 radical (unpaired) electrons. The molecule has 10 rings (SSSR count). The van der Waals surface area contributed by atoms with Crippen LogP contribution in [0.3, 0.4) is 0 Å². The lowest BCUT2D eigenvalue weighted by Crippen LogP contribution is -2.26. The normalized spacial score (nSPS) is 15.3. The van der Waals surface area contributed by atoms with Crippen LogP contribution in [-0.2, 0) is 11.8 Å². The van der Waals surface area contributed by atoms with Crippen molar-refractivity contribution in [3.05, 3.63) is 167 Å². The number of aryl methyl sites for hydroxylation is 1. The topological polar surface area (TPSA) is 8.17 Å². The van der Waals surface area contributed by atoms with E-state index in [1.165, 1.54) is 88.7 Å². The molecule has 7 aromatic rings. The zero-order chi connectivity index (χ0) is 34.7. The van der Waals surface area contributed by atoms with Gasteiger partial charge in [-0.3, -0.25) is 0 Å². The summed E-state index contributed by atoms with van der Waals surface area (Å²) in [5, 5.41) is 5.18. The zero-order valence-corrected chi connectivity index (χ0v) is 30.1. The van der Waals surface area contributed by atoms with E-state index >= 15 is 0 Å². The molecule has 0 fully saturated rings. The molecule has 2 heterocycles. The van der Waals surface area contributed by atoms with Crippen LogP contribution in [0.15, 0.2) is 140 Å². The second-order valence-corrected chi connectivity index (χ2v) is 14.3. The van der Waals surface area contributed by atoms with Crippen molar-refractivity contribution in [2.24, 2.45) is 0 Å². The summed E-state index contributed by atoms with van der Waals surface area (Å²) in [6.07, 6.45) is 16.0. The van der Waals surface area contributed by atoms with Gasteiger partial charge in [-0.25, -0.2) is 0 Å². The summed E-state index contributed by atoms with van der Waals surface area (Å²) in [6, 6.07) is 43.5. The van der Waals surface area contributed by atoms with E-state index in [2.05, 4.69) is 169 Å². The minimum absolute atomic E-state index is 0.0913. The SMILES string of the molecule is CC.CC1(C)c2ccccc2-n2c3ccc(N(c4ccccc4C4=CCCC=C4)c4cc5c(c6ccccc46)C=CCC5)cc3c3cccc1c32. The first-order valence-corrected chi connectivity index (χ1v) is 18.7. The Hall–Kier alpha value is -5.60. The lowest BCUT2D eigenvalue weighted by atomic mass is 9.75. The lowest BCUT2D eigenvalue weighted by molar-refractivity contribution is 0.630. The second-order valence-electron chi connectivity index (χ2n) is 14.3. The number of anilines is 3. The van der Waals surface area contributed by atoms with Crippen molar-refractivity contribution in [3.63, 3.8) is 0 Å². The minimum Gasteiger partial charge on any atom is -0.309 e. The monoisotopic (exact) mass is 660 g/mol. The van der Waals surface area contributed by atoms with Crippen LogP contribution in [0.25, 0.3) is 49.9 Å². The Labute approximate surface area is 301 Å². The minimum atomic E-state index is -0.0913. The van der Waals surface area contributed by atoms with E-state index < -0.39 is 0 Å². The third-order valence-electron chi connectivity index (χ3n) is 11.2. The van der Waals surface area contributed by atoms with Crippen molar-refractivity contribution in [2.45, 2.75) is 58.8 Å². The molecule has 6 aromatic carbocycles. The van der Waals surface area contributed by atoms with Gasteiger partial charge in [-0.15, -0.1) is 0 Å². The number of hydrogen-bond donors (Lipinski definition) is 0. The van der Waals surface area contributed by atoms with Crippen molar-refractivity contribution in [3.8, 4) is 5.69 Å². The highest BCUT2D eigenvalue weighted by Gasteiger charge is 2.35. The molecule has 3 aliphatic rings. The van der Waals surface area contributed by atoms with Gasteiger partial charge in [0.25, 0.3) is 0 Å². The smallest absolute Gasteiger partial charge is 0.0582 e. The molecule has 0 bridgehead atoms. The average molecular weight is 661 g/mol. The molecule has 0 N–H and O–H groups in total. The Kier molecular flexibility index (Phi) is 7.58. The van der Waals surface area contributed by atoms with Crippen molar-refractivity contribution >= 4 is 61.3 Å². The summed E-state index contributed by atoms with van der Waals surface area (Å²) in [6.45, 7) is 8.74. The predicted molar refractivity (Wildman–Crippen MR) is 220 cm³/mol. The Morgan fingerprint density at radius 3 is 2.22 bits per heavy atom. The highest BCUT2D eigenvalue weighted by Crippen LogP contribution is 2.50. The van der Waals surface area contributed by atoms with E-state index in [-0.39, 0.29) is 5.41 Å². The molecule has 0 spiro atoms. The van der Waals surface area contributed by atoms with Gasteiger partial charge in [0, 0.05) is 32.8 Å². The molecule has 2 nitrogen and oxygen atoms in total. The molecule has 250 valence electrons. The van der Waals surface area contributed by atoms with Crippen LogP contribution in [0.4, 0.5) is 17.1 Å². The first kappa shape index (κ1) is 31.4. The van der Waals surface area contributed by atoms with Gasteiger partial charge >= 0.3 is 0 Å². The van der Waals surface area contributed by atoms with Crippen LogP contribution in [0, 0.1) is 0 Å². The third-order valence-corrected chi connectivity index (χ3v) is 11.2. The fourth-order valence-electron chi connectivity index (χ4n) is 8.89. The van der Waals surface area contributed by atoms with E-state index in [4.69, 9.17) is 0 Å². The summed E-state index contributed by atoms with van der Waals surface area (Å²) >= 11 is 0. The molecule has 2 heteroatoms. The molecular weight excluding hydrogens is 617 g/mol. The molecule has 0 atom stereocenters. The predicted octanol–water partition coefficient (Wildman–Crippen LogP) is 13.8. The number of fused-ring (bicyclic) bond motifs is 8. The summed E-state index contributed by atoms with van der Waals surface area (Å²) in [4.78, 5) is 2.55. The highest BCUT2D eigenvalue weighted by molar-refractivity contribution is 6.13. The molecule has 1 aliphatic heterocycles. The van der Waals surface area contributed by atoms with Gasteiger partial charge in [-0.2, -0.15) is 0 Å². The van der Waals surface area contributed by atoms with E-state index in [1.807, 2.05) is 13.8 Å². The number of allylic oxidation sites excluding steroid dienone is 5. The van der Waals surface area contributed by atoms with Crippen LogP contribution in [0.2, 0.25) is 0 Å². The molecule has 0 amide bonds. The third kappa shape index (κ3) is 4.77. The van der Waals surface area contributed by atoms with E-state index in [0.29, 0.717) is 0 Å². The van der Waals surface area contributed by atoms with Gasteiger partial charge in [0.15, 0.2) is 0 Å². The summed E-state index contributed by atoms with van der Waals surface area (Å²) in [7, 11) is 0. The molecule has 0 unspecified atom stereocenters. The molecule has 1 aromatic heterocycles. The number of benzene rings is 6. The Morgan fingerprint density at radius 2 is 1.35 bits per heavy atom. The zero-order valence-electron chi connectivity index (χ0n) is 30.1. The quantitative estimate of drug-likeness (QED) is 0.182. The second kappa shape index (κ2) is 12.3. The summed E-state index contributed by atoms with van der Waals surface area (Å²) in [5.41, 5.74) is 15.5. The van der Waals surface area contributed by atoms with Crippen molar-refractivity contribution < 1.29 is 0 Å². The number of rotatable bonds is 4. The van der Waals surface area contributed by atoms with Gasteiger partial charge in [-0.05, 0) is 95.3 Å². The van der Waals surface area contributed by atoms with Crippen LogP contribution in [-0.4, -0.2) is 4.57 Å². The van der Waals surface area contributed by atoms with Crippen LogP contribution in [0.5, 0.6) is 0 Å². The Balaban J connectivity index is 0.00000171. The maximum atomic E-state index is 2.55. The van der Waals surface area contributed by atoms with Crippen LogP contribution >= 0.6 is 0 Å². The first-order valence-electron chi connectivity index (χ1n) is 18.7. The largest absolute Gasteiger partial charge is 0.309 e. The van der Waals surface area contributed by atoms with Gasteiger partial charge in [0.05, 0.1) is 28.1 Å². The molecular formula is C49H44N2. The Bertz CT molecular complexity index is 2590. The van der Waals surface area contributed by atoms with Crippen molar-refractivity contribution in [2.75, 3.05) is 4.90 Å². The van der Waals surface area contributed by atoms with E-state index in [0.717, 1.165) is 25.7 Å². The van der Waals surface area contributed by atoms with Crippen molar-refractivity contribution in [1.29, 1.82) is 0 Å². The number of nitrogens with zero attached hydrogens (tertiary/aromatic N) is 2. The van der Waals surface area contributed by atoms with Crippen molar-refractivity contribution in [1.82, 2.24) is 4.57 Å². The van der Waals surface area contributed by atoms with E-state index in [9.17, 15) is 0 Å². The van der Waals surface area contributed by atoms with Gasteiger partial charge in [0.2, 0.25) is 0 Å². The Morgan fingerprint density at radius 1 is 0.608 bits per heavy atom. The van der Waals surface area contributed by atoms with Crippen LogP contribution < -0.4 is 4.90 Å². The highest BCUT2D eigenvalue weighted by atomic mass is 15.1. The maximum absolute atomic E-state index is 2.55.